The molecule has 1 aromatic carbocycles. The fourth-order valence-corrected chi connectivity index (χ4v) is 4.72. The Morgan fingerprint density at radius 2 is 1.95 bits per heavy atom. The van der Waals surface area contributed by atoms with Gasteiger partial charge in [-0.05, 0) is 12.0 Å². The van der Waals surface area contributed by atoms with Crippen LogP contribution in [0.1, 0.15) is 17.9 Å². The molecule has 6 nitrogen and oxygen atoms in total. The number of carbonyl (C=O) groups is 1. The highest BCUT2D eigenvalue weighted by Gasteiger charge is 2.56. The maximum Gasteiger partial charge on any atom is 0.281 e. The van der Waals surface area contributed by atoms with E-state index in [1.807, 2.05) is 30.3 Å². The zero-order valence-corrected chi connectivity index (χ0v) is 13.6. The third-order valence-electron chi connectivity index (χ3n) is 4.84. The highest BCUT2D eigenvalue weighted by Crippen LogP contribution is 2.47. The summed E-state index contributed by atoms with van der Waals surface area (Å²) in [5.74, 6) is -0.0126. The maximum atomic E-state index is 12.5. The Morgan fingerprint density at radius 1 is 1.27 bits per heavy atom. The first-order valence-electron chi connectivity index (χ1n) is 7.39. The lowest BCUT2D eigenvalue weighted by molar-refractivity contribution is -0.127. The minimum atomic E-state index is -3.48. The van der Waals surface area contributed by atoms with Gasteiger partial charge in [-0.15, -0.1) is 0 Å². The first-order chi connectivity index (χ1) is 10.4. The average molecular weight is 323 g/mol. The molecule has 0 aliphatic carbocycles. The number of hydrogen-bond donors (Lipinski definition) is 1. The van der Waals surface area contributed by atoms with Crippen molar-refractivity contribution in [1.29, 1.82) is 0 Å². The molecule has 2 unspecified atom stereocenters. The van der Waals surface area contributed by atoms with E-state index in [0.717, 1.165) is 5.56 Å². The molecule has 7 heteroatoms. The molecule has 3 rings (SSSR count). The lowest BCUT2D eigenvalue weighted by atomic mass is 9.73. The molecule has 120 valence electrons. The van der Waals surface area contributed by atoms with E-state index in [-0.39, 0.29) is 18.4 Å². The predicted molar refractivity (Wildman–Crippen MR) is 83.4 cm³/mol. The number of nitrogens with zero attached hydrogens (tertiary/aromatic N) is 2. The fraction of sp³-hybridized carbons (Fsp3) is 0.533. The lowest BCUT2D eigenvalue weighted by Crippen LogP contribution is -2.42. The minimum Gasteiger partial charge on any atom is -0.355 e. The number of hydrogen-bond acceptors (Lipinski definition) is 3. The van der Waals surface area contributed by atoms with Crippen LogP contribution < -0.4 is 5.32 Å². The summed E-state index contributed by atoms with van der Waals surface area (Å²) in [4.78, 5) is 12.5. The SMILES string of the molecule is CN(C)S(=O)(=O)N1CCC2(C1)C(=O)NCC2c1ccccc1. The van der Waals surface area contributed by atoms with Gasteiger partial charge < -0.3 is 5.32 Å². The molecule has 2 atom stereocenters. The Kier molecular flexibility index (Phi) is 3.74. The van der Waals surface area contributed by atoms with Gasteiger partial charge in [0.15, 0.2) is 0 Å². The quantitative estimate of drug-likeness (QED) is 0.875. The van der Waals surface area contributed by atoms with Crippen LogP contribution in [0.4, 0.5) is 0 Å². The van der Waals surface area contributed by atoms with E-state index < -0.39 is 15.6 Å². The molecule has 0 saturated carbocycles. The number of nitrogens with one attached hydrogen (secondary N) is 1. The van der Waals surface area contributed by atoms with Crippen LogP contribution in [-0.4, -0.2) is 56.7 Å². The van der Waals surface area contributed by atoms with Crippen molar-refractivity contribution in [2.45, 2.75) is 12.3 Å². The maximum absolute atomic E-state index is 12.5. The van der Waals surface area contributed by atoms with E-state index in [1.54, 1.807) is 0 Å². The molecule has 1 aromatic rings. The monoisotopic (exact) mass is 323 g/mol. The summed E-state index contributed by atoms with van der Waals surface area (Å²) in [6.45, 7) is 1.20. The van der Waals surface area contributed by atoms with Gasteiger partial charge in [0.05, 0.1) is 5.41 Å². The van der Waals surface area contributed by atoms with Crippen LogP contribution in [0.15, 0.2) is 30.3 Å². The smallest absolute Gasteiger partial charge is 0.281 e. The van der Waals surface area contributed by atoms with E-state index >= 15 is 0 Å². The second-order valence-corrected chi connectivity index (χ2v) is 8.35. The molecule has 2 fully saturated rings. The second-order valence-electron chi connectivity index (χ2n) is 6.20. The van der Waals surface area contributed by atoms with Crippen molar-refractivity contribution in [1.82, 2.24) is 13.9 Å². The van der Waals surface area contributed by atoms with Crippen molar-refractivity contribution in [3.63, 3.8) is 0 Å². The zero-order chi connectivity index (χ0) is 16.0. The molecular weight excluding hydrogens is 302 g/mol. The van der Waals surface area contributed by atoms with Crippen LogP contribution in [0.2, 0.25) is 0 Å². The lowest BCUT2D eigenvalue weighted by Gasteiger charge is -2.29. The van der Waals surface area contributed by atoms with E-state index in [0.29, 0.717) is 19.5 Å². The van der Waals surface area contributed by atoms with Crippen molar-refractivity contribution in [3.05, 3.63) is 35.9 Å². The number of carbonyl (C=O) groups excluding carboxylic acids is 1. The highest BCUT2D eigenvalue weighted by molar-refractivity contribution is 7.86. The molecule has 2 saturated heterocycles. The molecule has 0 aromatic heterocycles. The van der Waals surface area contributed by atoms with Crippen LogP contribution >= 0.6 is 0 Å². The van der Waals surface area contributed by atoms with Crippen molar-refractivity contribution < 1.29 is 13.2 Å². The van der Waals surface area contributed by atoms with Gasteiger partial charge in [0.25, 0.3) is 10.2 Å². The molecule has 1 amide bonds. The molecule has 1 spiro atoms. The van der Waals surface area contributed by atoms with E-state index in [2.05, 4.69) is 5.32 Å². The topological polar surface area (TPSA) is 69.7 Å². The molecular formula is C15H21N3O3S. The predicted octanol–water partition coefficient (Wildman–Crippen LogP) is 0.399. The Balaban J connectivity index is 1.93. The molecule has 22 heavy (non-hydrogen) atoms. The van der Waals surface area contributed by atoms with Gasteiger partial charge >= 0.3 is 0 Å². The van der Waals surface area contributed by atoms with Crippen molar-refractivity contribution >= 4 is 16.1 Å². The summed E-state index contributed by atoms with van der Waals surface area (Å²) in [5.41, 5.74) is 0.440. The Bertz CT molecular complexity index is 675. The third kappa shape index (κ3) is 2.24. The molecule has 2 aliphatic rings. The van der Waals surface area contributed by atoms with Crippen LogP contribution in [0.25, 0.3) is 0 Å². The van der Waals surface area contributed by atoms with Gasteiger partial charge in [0.1, 0.15) is 0 Å². The van der Waals surface area contributed by atoms with Crippen LogP contribution in [-0.2, 0) is 15.0 Å². The summed E-state index contributed by atoms with van der Waals surface area (Å²) in [6, 6.07) is 9.87. The summed E-state index contributed by atoms with van der Waals surface area (Å²) >= 11 is 0. The standard InChI is InChI=1S/C15H21N3O3S/c1-17(2)22(20,21)18-9-8-15(11-18)13(10-16-14(15)19)12-6-4-3-5-7-12/h3-7,13H,8-11H2,1-2H3,(H,16,19). The van der Waals surface area contributed by atoms with Crippen molar-refractivity contribution in [2.24, 2.45) is 5.41 Å². The Labute approximate surface area is 131 Å². The van der Waals surface area contributed by atoms with Gasteiger partial charge in [-0.3, -0.25) is 4.79 Å². The average Bonchev–Trinajstić information content (AvgIpc) is 3.07. The van der Waals surface area contributed by atoms with Crippen molar-refractivity contribution in [3.8, 4) is 0 Å². The van der Waals surface area contributed by atoms with E-state index in [9.17, 15) is 13.2 Å². The van der Waals surface area contributed by atoms with Crippen LogP contribution in [0.5, 0.6) is 0 Å². The van der Waals surface area contributed by atoms with E-state index in [4.69, 9.17) is 0 Å². The van der Waals surface area contributed by atoms with Gasteiger partial charge in [-0.1, -0.05) is 30.3 Å². The van der Waals surface area contributed by atoms with Crippen molar-refractivity contribution in [2.75, 3.05) is 33.7 Å². The highest BCUT2D eigenvalue weighted by atomic mass is 32.2. The second kappa shape index (κ2) is 5.33. The summed E-state index contributed by atoms with van der Waals surface area (Å²) in [6.07, 6.45) is 0.561. The summed E-state index contributed by atoms with van der Waals surface area (Å²) < 4.78 is 27.3. The largest absolute Gasteiger partial charge is 0.355 e. The molecule has 0 bridgehead atoms. The number of rotatable bonds is 3. The Hall–Kier alpha value is -1.44. The van der Waals surface area contributed by atoms with Gasteiger partial charge in [-0.2, -0.15) is 17.0 Å². The van der Waals surface area contributed by atoms with Gasteiger partial charge in [-0.25, -0.2) is 0 Å². The van der Waals surface area contributed by atoms with Gasteiger partial charge in [0.2, 0.25) is 5.91 Å². The molecule has 2 heterocycles. The summed E-state index contributed by atoms with van der Waals surface area (Å²) in [5, 5.41) is 2.93. The van der Waals surface area contributed by atoms with Gasteiger partial charge in [0, 0.05) is 39.6 Å². The fourth-order valence-electron chi connectivity index (χ4n) is 3.54. The van der Waals surface area contributed by atoms with Crippen LogP contribution in [0, 0.1) is 5.41 Å². The minimum absolute atomic E-state index is 0.0172. The third-order valence-corrected chi connectivity index (χ3v) is 6.73. The normalized spacial score (nSPS) is 29.4. The number of amides is 1. The van der Waals surface area contributed by atoms with Crippen LogP contribution in [0.3, 0.4) is 0 Å². The zero-order valence-electron chi connectivity index (χ0n) is 12.8. The first kappa shape index (κ1) is 15.5. The molecule has 2 aliphatic heterocycles. The first-order valence-corrected chi connectivity index (χ1v) is 8.78. The molecule has 1 N–H and O–H groups in total. The number of benzene rings is 1. The van der Waals surface area contributed by atoms with E-state index in [1.165, 1.54) is 22.7 Å². The summed E-state index contributed by atoms with van der Waals surface area (Å²) in [7, 11) is -0.447. The Morgan fingerprint density at radius 3 is 2.59 bits per heavy atom. The molecule has 0 radical (unpaired) electrons.